The highest BCUT2D eigenvalue weighted by Crippen LogP contribution is 2.13. The van der Waals surface area contributed by atoms with Crippen LogP contribution in [0.5, 0.6) is 5.75 Å². The summed E-state index contributed by atoms with van der Waals surface area (Å²) in [6.45, 7) is 4.89. The molecular weight excluding hydrogens is 420 g/mol. The molecule has 2 aromatic carbocycles. The van der Waals surface area contributed by atoms with E-state index in [1.54, 1.807) is 17.0 Å². The zero-order valence-electron chi connectivity index (χ0n) is 19.6. The third kappa shape index (κ3) is 7.32. The van der Waals surface area contributed by atoms with Gasteiger partial charge in [-0.3, -0.25) is 9.80 Å². The molecule has 1 saturated heterocycles. The van der Waals surface area contributed by atoms with Crippen molar-refractivity contribution in [3.63, 3.8) is 0 Å². The molecule has 0 bridgehead atoms. The Morgan fingerprint density at radius 2 is 1.76 bits per heavy atom. The van der Waals surface area contributed by atoms with Gasteiger partial charge in [0, 0.05) is 20.1 Å². The Hall–Kier alpha value is -3.39. The number of methoxy groups -OCH3 is 1. The summed E-state index contributed by atoms with van der Waals surface area (Å²) in [6.07, 6.45) is 0.514. The summed E-state index contributed by atoms with van der Waals surface area (Å²) in [5, 5.41) is 10.7. The van der Waals surface area contributed by atoms with Crippen molar-refractivity contribution in [3.05, 3.63) is 65.7 Å². The zero-order chi connectivity index (χ0) is 23.5. The van der Waals surface area contributed by atoms with Gasteiger partial charge in [0.05, 0.1) is 26.9 Å². The van der Waals surface area contributed by atoms with Gasteiger partial charge in [-0.25, -0.2) is 0 Å². The Morgan fingerprint density at radius 3 is 2.39 bits per heavy atom. The molecular formula is C25H32N4O4. The van der Waals surface area contributed by atoms with Crippen molar-refractivity contribution in [2.24, 2.45) is 10.3 Å². The molecule has 1 heterocycles. The predicted molar refractivity (Wildman–Crippen MR) is 128 cm³/mol. The van der Waals surface area contributed by atoms with E-state index in [9.17, 15) is 4.79 Å². The first-order valence-corrected chi connectivity index (χ1v) is 11.1. The number of carbonyl (C=O) groups is 1. The molecule has 0 N–H and O–H groups in total. The number of nitrogens with zero attached hydrogens (tertiary/aromatic N) is 4. The van der Waals surface area contributed by atoms with Crippen LogP contribution in [0.3, 0.4) is 0 Å². The number of rotatable bonds is 10. The van der Waals surface area contributed by atoms with Gasteiger partial charge in [-0.2, -0.15) is 5.10 Å². The highest BCUT2D eigenvalue weighted by molar-refractivity contribution is 6.66. The average molecular weight is 453 g/mol. The second-order valence-electron chi connectivity index (χ2n) is 7.67. The summed E-state index contributed by atoms with van der Waals surface area (Å²) in [5.41, 5.74) is 2.87. The Balaban J connectivity index is 1.79. The van der Waals surface area contributed by atoms with Gasteiger partial charge in [-0.05, 0) is 29.7 Å². The fourth-order valence-corrected chi connectivity index (χ4v) is 3.38. The largest absolute Gasteiger partial charge is 0.497 e. The van der Waals surface area contributed by atoms with Gasteiger partial charge in [-0.1, -0.05) is 54.5 Å². The zero-order valence-corrected chi connectivity index (χ0v) is 19.6. The smallest absolute Gasteiger partial charge is 0.276 e. The first kappa shape index (κ1) is 24.3. The monoisotopic (exact) mass is 452 g/mol. The Bertz CT molecular complexity index is 939. The van der Waals surface area contributed by atoms with Crippen molar-refractivity contribution in [2.45, 2.75) is 26.5 Å². The third-order valence-corrected chi connectivity index (χ3v) is 5.20. The molecule has 176 valence electrons. The van der Waals surface area contributed by atoms with Gasteiger partial charge in [0.2, 0.25) is 0 Å². The molecule has 0 aliphatic carbocycles. The molecule has 0 atom stereocenters. The number of hydrogen-bond acceptors (Lipinski definition) is 7. The number of benzene rings is 2. The highest BCUT2D eigenvalue weighted by Gasteiger charge is 2.26. The lowest BCUT2D eigenvalue weighted by molar-refractivity contribution is -0.127. The van der Waals surface area contributed by atoms with Gasteiger partial charge in [0.25, 0.3) is 5.91 Å². The maximum absolute atomic E-state index is 13.4. The maximum atomic E-state index is 13.4. The first-order chi connectivity index (χ1) is 16.1. The van der Waals surface area contributed by atoms with E-state index in [0.29, 0.717) is 57.3 Å². The number of ether oxygens (including phenoxy) is 2. The predicted octanol–water partition coefficient (Wildman–Crippen LogP) is 3.32. The first-order valence-electron chi connectivity index (χ1n) is 11.1. The molecule has 0 saturated carbocycles. The molecule has 1 fully saturated rings. The normalized spacial score (nSPS) is 14.7. The number of hydrazone groups is 1. The van der Waals surface area contributed by atoms with Crippen LogP contribution in [0.2, 0.25) is 0 Å². The number of amides is 1. The van der Waals surface area contributed by atoms with Gasteiger partial charge < -0.3 is 19.2 Å². The number of hydrogen-bond donors (Lipinski definition) is 0. The van der Waals surface area contributed by atoms with Crippen molar-refractivity contribution in [1.29, 1.82) is 0 Å². The van der Waals surface area contributed by atoms with E-state index in [0.717, 1.165) is 16.9 Å². The van der Waals surface area contributed by atoms with Crippen LogP contribution in [0.1, 0.15) is 24.5 Å². The van der Waals surface area contributed by atoms with Crippen molar-refractivity contribution >= 4 is 17.3 Å². The summed E-state index contributed by atoms with van der Waals surface area (Å²) in [4.78, 5) is 20.7. The van der Waals surface area contributed by atoms with Gasteiger partial charge in [-0.15, -0.1) is 0 Å². The van der Waals surface area contributed by atoms with Crippen molar-refractivity contribution in [2.75, 3.05) is 40.5 Å². The van der Waals surface area contributed by atoms with E-state index in [4.69, 9.17) is 14.3 Å². The van der Waals surface area contributed by atoms with Crippen LogP contribution in [0.4, 0.5) is 0 Å². The van der Waals surface area contributed by atoms with Crippen molar-refractivity contribution in [1.82, 2.24) is 9.91 Å². The topological polar surface area (TPSA) is 76.0 Å². The van der Waals surface area contributed by atoms with Crippen LogP contribution >= 0.6 is 0 Å². The molecule has 8 heteroatoms. The molecule has 0 unspecified atom stereocenters. The lowest BCUT2D eigenvalue weighted by Gasteiger charge is -2.28. The second kappa shape index (κ2) is 12.6. The summed E-state index contributed by atoms with van der Waals surface area (Å²) < 4.78 is 10.6. The summed E-state index contributed by atoms with van der Waals surface area (Å²) in [7, 11) is 3.48. The lowest BCUT2D eigenvalue weighted by Crippen LogP contribution is -2.46. The van der Waals surface area contributed by atoms with E-state index in [-0.39, 0.29) is 5.91 Å². The SMILES string of the molecule is CCC(=NOCc1ccccc1)C(=NN(C)Cc1ccc(OC)cc1)C(=O)N1CCOCC1. The number of carbonyl (C=O) groups excluding carboxylic acids is 1. The van der Waals surface area contributed by atoms with Gasteiger partial charge in [0.15, 0.2) is 5.71 Å². The second-order valence-corrected chi connectivity index (χ2v) is 7.67. The molecule has 0 spiro atoms. The van der Waals surface area contributed by atoms with Crippen LogP contribution in [0.25, 0.3) is 0 Å². The summed E-state index contributed by atoms with van der Waals surface area (Å²) >= 11 is 0. The molecule has 1 aliphatic rings. The van der Waals surface area contributed by atoms with Crippen LogP contribution < -0.4 is 4.74 Å². The molecule has 0 aromatic heterocycles. The van der Waals surface area contributed by atoms with E-state index in [1.807, 2.05) is 68.6 Å². The Kier molecular flexibility index (Phi) is 9.26. The van der Waals surface area contributed by atoms with Crippen LogP contribution in [-0.2, 0) is 27.5 Å². The standard InChI is InChI=1S/C25H32N4O4/c1-4-23(27-33-19-21-8-6-5-7-9-21)24(25(30)29-14-16-32-17-15-29)26-28(2)18-20-10-12-22(31-3)13-11-20/h5-13H,4,14-19H2,1-3H3. The fraction of sp³-hybridized carbons (Fsp3) is 0.400. The molecule has 3 rings (SSSR count). The van der Waals surface area contributed by atoms with Crippen LogP contribution in [-0.4, -0.2) is 67.7 Å². The minimum absolute atomic E-state index is 0.163. The summed E-state index contributed by atoms with van der Waals surface area (Å²) in [6, 6.07) is 17.6. The lowest BCUT2D eigenvalue weighted by atomic mass is 10.1. The molecule has 33 heavy (non-hydrogen) atoms. The molecule has 2 aromatic rings. The van der Waals surface area contributed by atoms with Gasteiger partial charge >= 0.3 is 0 Å². The van der Waals surface area contributed by atoms with E-state index in [1.165, 1.54) is 0 Å². The van der Waals surface area contributed by atoms with Crippen molar-refractivity contribution < 1.29 is 19.1 Å². The third-order valence-electron chi connectivity index (χ3n) is 5.20. The minimum atomic E-state index is -0.163. The van der Waals surface area contributed by atoms with E-state index < -0.39 is 0 Å². The number of morpholine rings is 1. The molecule has 8 nitrogen and oxygen atoms in total. The van der Waals surface area contributed by atoms with Crippen LogP contribution in [0, 0.1) is 0 Å². The Labute approximate surface area is 195 Å². The fourth-order valence-electron chi connectivity index (χ4n) is 3.38. The maximum Gasteiger partial charge on any atom is 0.276 e. The molecule has 0 radical (unpaired) electrons. The van der Waals surface area contributed by atoms with E-state index in [2.05, 4.69) is 10.3 Å². The quantitative estimate of drug-likeness (QED) is 0.408. The highest BCUT2D eigenvalue weighted by atomic mass is 16.6. The van der Waals surface area contributed by atoms with Crippen molar-refractivity contribution in [3.8, 4) is 5.75 Å². The van der Waals surface area contributed by atoms with Gasteiger partial charge in [0.1, 0.15) is 18.1 Å². The number of oxime groups is 1. The Morgan fingerprint density at radius 1 is 1.06 bits per heavy atom. The molecule has 1 amide bonds. The minimum Gasteiger partial charge on any atom is -0.497 e. The average Bonchev–Trinajstić information content (AvgIpc) is 2.87. The van der Waals surface area contributed by atoms with Crippen LogP contribution in [0.15, 0.2) is 64.9 Å². The van der Waals surface area contributed by atoms with E-state index >= 15 is 0 Å². The molecule has 1 aliphatic heterocycles. The summed E-state index contributed by atoms with van der Waals surface area (Å²) in [5.74, 6) is 0.632.